The summed E-state index contributed by atoms with van der Waals surface area (Å²) in [6.07, 6.45) is 0. The summed E-state index contributed by atoms with van der Waals surface area (Å²) in [5, 5.41) is 16.1. The summed E-state index contributed by atoms with van der Waals surface area (Å²) in [7, 11) is 0. The summed E-state index contributed by atoms with van der Waals surface area (Å²) >= 11 is 1.51. The van der Waals surface area contributed by atoms with Crippen molar-refractivity contribution >= 4 is 29.2 Å². The van der Waals surface area contributed by atoms with Gasteiger partial charge < -0.3 is 10.6 Å². The lowest BCUT2D eigenvalue weighted by Gasteiger charge is -2.22. The Kier molecular flexibility index (Phi) is 4.73. The molecule has 7 nitrogen and oxygen atoms in total. The number of carbonyl (C=O) groups excluding carboxylic acids is 3. The number of hydrogen-bond acceptors (Lipinski definition) is 5. The van der Waals surface area contributed by atoms with E-state index in [2.05, 4.69) is 10.6 Å². The van der Waals surface area contributed by atoms with E-state index in [1.807, 2.05) is 23.6 Å². The summed E-state index contributed by atoms with van der Waals surface area (Å²) in [5.41, 5.74) is -0.255. The number of urea groups is 1. The molecular weight excluding hydrogens is 352 g/mol. The number of imide groups is 1. The van der Waals surface area contributed by atoms with Crippen molar-refractivity contribution in [1.29, 1.82) is 5.26 Å². The maximum absolute atomic E-state index is 12.8. The fraction of sp³-hybridized carbons (Fsp3) is 0.222. The van der Waals surface area contributed by atoms with Gasteiger partial charge in [-0.1, -0.05) is 18.2 Å². The van der Waals surface area contributed by atoms with Gasteiger partial charge in [-0.15, -0.1) is 11.3 Å². The summed E-state index contributed by atoms with van der Waals surface area (Å²) in [6, 6.07) is 11.6. The van der Waals surface area contributed by atoms with E-state index in [4.69, 9.17) is 5.26 Å². The van der Waals surface area contributed by atoms with Gasteiger partial charge in [0, 0.05) is 4.88 Å². The number of nitriles is 1. The molecule has 132 valence electrons. The van der Waals surface area contributed by atoms with Gasteiger partial charge in [0.1, 0.15) is 12.1 Å². The van der Waals surface area contributed by atoms with Crippen LogP contribution in [0.2, 0.25) is 0 Å². The molecule has 2 N–H and O–H groups in total. The predicted octanol–water partition coefficient (Wildman–Crippen LogP) is 1.70. The van der Waals surface area contributed by atoms with Crippen molar-refractivity contribution in [3.05, 3.63) is 57.8 Å². The van der Waals surface area contributed by atoms with Crippen molar-refractivity contribution in [2.45, 2.75) is 19.0 Å². The van der Waals surface area contributed by atoms with E-state index in [-0.39, 0.29) is 6.54 Å². The molecule has 4 amide bonds. The molecule has 1 atom stereocenters. The van der Waals surface area contributed by atoms with Crippen molar-refractivity contribution in [3.63, 3.8) is 0 Å². The Hall–Kier alpha value is -3.18. The van der Waals surface area contributed by atoms with Crippen molar-refractivity contribution in [1.82, 2.24) is 15.5 Å². The lowest BCUT2D eigenvalue weighted by Crippen LogP contribution is -2.43. The number of hydrogen-bond donors (Lipinski definition) is 2. The van der Waals surface area contributed by atoms with Crippen molar-refractivity contribution in [3.8, 4) is 6.07 Å². The van der Waals surface area contributed by atoms with E-state index in [1.54, 1.807) is 31.2 Å². The van der Waals surface area contributed by atoms with Crippen LogP contribution in [0.3, 0.4) is 0 Å². The van der Waals surface area contributed by atoms with Gasteiger partial charge in [0.25, 0.3) is 5.91 Å². The molecule has 1 aromatic heterocycles. The lowest BCUT2D eigenvalue weighted by atomic mass is 9.91. The van der Waals surface area contributed by atoms with Crippen molar-refractivity contribution in [2.75, 3.05) is 6.54 Å². The average molecular weight is 368 g/mol. The fourth-order valence-corrected chi connectivity index (χ4v) is 3.36. The normalized spacial score (nSPS) is 19.2. The Morgan fingerprint density at radius 1 is 1.31 bits per heavy atom. The second-order valence-electron chi connectivity index (χ2n) is 5.99. The first-order valence-corrected chi connectivity index (χ1v) is 8.76. The molecule has 26 heavy (non-hydrogen) atoms. The second kappa shape index (κ2) is 6.98. The first-order chi connectivity index (χ1) is 12.4. The topological polar surface area (TPSA) is 102 Å². The Balaban J connectivity index is 1.69. The zero-order valence-corrected chi connectivity index (χ0v) is 14.8. The predicted molar refractivity (Wildman–Crippen MR) is 94.9 cm³/mol. The van der Waals surface area contributed by atoms with Gasteiger partial charge in [-0.25, -0.2) is 4.79 Å². The third-order valence-corrected chi connectivity index (χ3v) is 5.08. The second-order valence-corrected chi connectivity index (χ2v) is 7.02. The third-order valence-electron chi connectivity index (χ3n) is 4.21. The van der Waals surface area contributed by atoms with Crippen LogP contribution in [0.25, 0.3) is 0 Å². The lowest BCUT2D eigenvalue weighted by molar-refractivity contribution is -0.134. The minimum Gasteiger partial charge on any atom is -0.350 e. The van der Waals surface area contributed by atoms with Gasteiger partial charge in [-0.05, 0) is 36.1 Å². The zero-order valence-electron chi connectivity index (χ0n) is 14.0. The molecule has 1 unspecified atom stereocenters. The first-order valence-electron chi connectivity index (χ1n) is 7.88. The molecule has 0 aliphatic carbocycles. The molecule has 2 aromatic rings. The highest BCUT2D eigenvalue weighted by Crippen LogP contribution is 2.28. The van der Waals surface area contributed by atoms with E-state index < -0.39 is 23.4 Å². The molecule has 0 bridgehead atoms. The van der Waals surface area contributed by atoms with Gasteiger partial charge in [0.05, 0.1) is 18.2 Å². The summed E-state index contributed by atoms with van der Waals surface area (Å²) in [4.78, 5) is 39.0. The van der Waals surface area contributed by atoms with Crippen molar-refractivity contribution in [2.24, 2.45) is 0 Å². The van der Waals surface area contributed by atoms with E-state index in [0.717, 1.165) is 9.78 Å². The average Bonchev–Trinajstić information content (AvgIpc) is 3.23. The molecule has 0 spiro atoms. The Morgan fingerprint density at radius 3 is 2.65 bits per heavy atom. The minimum absolute atomic E-state index is 0.345. The van der Waals surface area contributed by atoms with Crippen LogP contribution in [-0.2, 0) is 21.7 Å². The highest BCUT2D eigenvalue weighted by Gasteiger charge is 2.49. The maximum Gasteiger partial charge on any atom is 0.325 e. The number of carbonyl (C=O) groups is 3. The van der Waals surface area contributed by atoms with E-state index >= 15 is 0 Å². The summed E-state index contributed by atoms with van der Waals surface area (Å²) in [5.74, 6) is -0.913. The van der Waals surface area contributed by atoms with Gasteiger partial charge in [0.2, 0.25) is 5.91 Å². The number of thiophene rings is 1. The van der Waals surface area contributed by atoms with Crippen molar-refractivity contribution < 1.29 is 14.4 Å². The molecule has 2 heterocycles. The van der Waals surface area contributed by atoms with Gasteiger partial charge in [0.15, 0.2) is 0 Å². The molecule has 1 aromatic carbocycles. The SMILES string of the molecule is CC1(c2ccc(C#N)cc2)NC(=O)N(CC(=O)NCc2cccs2)C1=O. The summed E-state index contributed by atoms with van der Waals surface area (Å²) < 4.78 is 0. The van der Waals surface area contributed by atoms with Crippen LogP contribution >= 0.6 is 11.3 Å². The summed E-state index contributed by atoms with van der Waals surface area (Å²) in [6.45, 7) is 1.59. The van der Waals surface area contributed by atoms with E-state index in [1.165, 1.54) is 11.3 Å². The van der Waals surface area contributed by atoms with E-state index in [9.17, 15) is 14.4 Å². The number of nitrogens with zero attached hydrogens (tertiary/aromatic N) is 2. The van der Waals surface area contributed by atoms with Crippen LogP contribution in [0.15, 0.2) is 41.8 Å². The van der Waals surface area contributed by atoms with Crippen LogP contribution in [0.1, 0.15) is 22.9 Å². The molecule has 3 rings (SSSR count). The zero-order chi connectivity index (χ0) is 18.7. The molecule has 1 aliphatic rings. The molecule has 8 heteroatoms. The largest absolute Gasteiger partial charge is 0.350 e. The molecule has 1 aliphatic heterocycles. The van der Waals surface area contributed by atoms with Gasteiger partial charge >= 0.3 is 6.03 Å². The standard InChI is InChI=1S/C18H16N4O3S/c1-18(13-6-4-12(9-19)5-7-13)16(24)22(17(25)21-18)11-15(23)20-10-14-3-2-8-26-14/h2-8H,10-11H2,1H3,(H,20,23)(H,21,25). The van der Waals surface area contributed by atoms with E-state index in [0.29, 0.717) is 17.7 Å². The van der Waals surface area contributed by atoms with Crippen LogP contribution in [0, 0.1) is 11.3 Å². The van der Waals surface area contributed by atoms with Gasteiger partial charge in [-0.2, -0.15) is 5.26 Å². The fourth-order valence-electron chi connectivity index (χ4n) is 2.71. The molecule has 1 fully saturated rings. The number of nitrogens with one attached hydrogen (secondary N) is 2. The highest BCUT2D eigenvalue weighted by molar-refractivity contribution is 7.09. The first kappa shape index (κ1) is 17.6. The third kappa shape index (κ3) is 3.30. The Bertz CT molecular complexity index is 886. The number of benzene rings is 1. The van der Waals surface area contributed by atoms with Crippen LogP contribution in [-0.4, -0.2) is 29.3 Å². The van der Waals surface area contributed by atoms with Crippen LogP contribution in [0.5, 0.6) is 0 Å². The van der Waals surface area contributed by atoms with Crippen LogP contribution < -0.4 is 10.6 Å². The monoisotopic (exact) mass is 368 g/mol. The number of rotatable bonds is 5. The Morgan fingerprint density at radius 2 is 2.04 bits per heavy atom. The quantitative estimate of drug-likeness (QED) is 0.784. The molecule has 0 saturated carbocycles. The van der Waals surface area contributed by atoms with Crippen LogP contribution in [0.4, 0.5) is 4.79 Å². The molecular formula is C18H16N4O3S. The number of amides is 4. The smallest absolute Gasteiger partial charge is 0.325 e. The minimum atomic E-state index is -1.26. The molecule has 1 saturated heterocycles. The Labute approximate surface area is 154 Å². The maximum atomic E-state index is 12.8. The molecule has 0 radical (unpaired) electrons. The highest BCUT2D eigenvalue weighted by atomic mass is 32.1. The van der Waals surface area contributed by atoms with Gasteiger partial charge in [-0.3, -0.25) is 14.5 Å².